The number of halogens is 1. The minimum Gasteiger partial charge on any atom is -0.352 e. The number of nitrogens with zero attached hydrogens (tertiary/aromatic N) is 2. The Hall–Kier alpha value is -1.72. The third-order valence-electron chi connectivity index (χ3n) is 3.81. The van der Waals surface area contributed by atoms with Gasteiger partial charge < -0.3 is 5.32 Å². The van der Waals surface area contributed by atoms with Crippen LogP contribution < -0.4 is 5.32 Å². The zero-order chi connectivity index (χ0) is 15.8. The second-order valence-corrected chi connectivity index (χ2v) is 5.63. The van der Waals surface area contributed by atoms with Gasteiger partial charge in [0.25, 0.3) is 0 Å². The van der Waals surface area contributed by atoms with Crippen molar-refractivity contribution in [2.45, 2.75) is 13.0 Å². The van der Waals surface area contributed by atoms with Gasteiger partial charge in [0.15, 0.2) is 0 Å². The molecule has 1 aliphatic rings. The lowest BCUT2D eigenvalue weighted by atomic mass is 10.2. The van der Waals surface area contributed by atoms with Gasteiger partial charge in [-0.3, -0.25) is 14.6 Å². The molecule has 2 rings (SSSR count). The van der Waals surface area contributed by atoms with Crippen LogP contribution in [-0.4, -0.2) is 55.0 Å². The molecule has 1 fully saturated rings. The molecular weight excluding hydrogens is 281 g/mol. The smallest absolute Gasteiger partial charge is 0.234 e. The van der Waals surface area contributed by atoms with Gasteiger partial charge in [0.05, 0.1) is 6.54 Å². The zero-order valence-electron chi connectivity index (χ0n) is 12.9. The molecule has 1 aromatic carbocycles. The van der Waals surface area contributed by atoms with Crippen LogP contribution in [0.15, 0.2) is 36.9 Å². The summed E-state index contributed by atoms with van der Waals surface area (Å²) in [6.07, 6.45) is 2.72. The van der Waals surface area contributed by atoms with Gasteiger partial charge in [-0.1, -0.05) is 18.2 Å². The largest absolute Gasteiger partial charge is 0.352 e. The van der Waals surface area contributed by atoms with Crippen LogP contribution in [-0.2, 0) is 11.3 Å². The lowest BCUT2D eigenvalue weighted by Crippen LogP contribution is -2.39. The van der Waals surface area contributed by atoms with E-state index in [1.807, 2.05) is 12.1 Å². The van der Waals surface area contributed by atoms with Gasteiger partial charge in [0.1, 0.15) is 5.82 Å². The maximum Gasteiger partial charge on any atom is 0.234 e. The van der Waals surface area contributed by atoms with Crippen LogP contribution >= 0.6 is 0 Å². The molecule has 1 aliphatic heterocycles. The van der Waals surface area contributed by atoms with E-state index in [1.54, 1.807) is 6.08 Å². The Kier molecular flexibility index (Phi) is 6.55. The van der Waals surface area contributed by atoms with Crippen LogP contribution in [0.25, 0.3) is 0 Å². The zero-order valence-corrected chi connectivity index (χ0v) is 12.9. The second-order valence-electron chi connectivity index (χ2n) is 5.63. The molecule has 0 aliphatic carbocycles. The van der Waals surface area contributed by atoms with E-state index in [0.717, 1.165) is 44.7 Å². The predicted molar refractivity (Wildman–Crippen MR) is 85.9 cm³/mol. The average Bonchev–Trinajstić information content (AvgIpc) is 2.73. The number of rotatable bonds is 6. The van der Waals surface area contributed by atoms with Gasteiger partial charge in [0.2, 0.25) is 5.91 Å². The molecule has 5 heteroatoms. The van der Waals surface area contributed by atoms with Crippen molar-refractivity contribution in [2.75, 3.05) is 39.3 Å². The number of amides is 1. The summed E-state index contributed by atoms with van der Waals surface area (Å²) in [4.78, 5) is 16.3. The molecule has 1 amide bonds. The highest BCUT2D eigenvalue weighted by Gasteiger charge is 2.16. The first kappa shape index (κ1) is 16.6. The van der Waals surface area contributed by atoms with Crippen molar-refractivity contribution in [3.63, 3.8) is 0 Å². The molecule has 0 saturated carbocycles. The van der Waals surface area contributed by atoms with Crippen LogP contribution in [0.4, 0.5) is 4.39 Å². The quantitative estimate of drug-likeness (QED) is 0.812. The first-order valence-corrected chi connectivity index (χ1v) is 7.74. The molecule has 0 atom stereocenters. The average molecular weight is 305 g/mol. The molecule has 0 radical (unpaired) electrons. The number of nitrogens with one attached hydrogen (secondary N) is 1. The fourth-order valence-electron chi connectivity index (χ4n) is 2.63. The number of benzene rings is 1. The van der Waals surface area contributed by atoms with Crippen LogP contribution in [0.3, 0.4) is 0 Å². The molecule has 1 heterocycles. The van der Waals surface area contributed by atoms with Crippen LogP contribution in [0.1, 0.15) is 12.0 Å². The SMILES string of the molecule is C=CCNC(=O)CN1CCCN(Cc2ccc(F)cc2)CC1. The molecule has 0 spiro atoms. The number of carbonyl (C=O) groups is 1. The van der Waals surface area contributed by atoms with E-state index in [4.69, 9.17) is 0 Å². The summed E-state index contributed by atoms with van der Waals surface area (Å²) >= 11 is 0. The summed E-state index contributed by atoms with van der Waals surface area (Å²) in [6, 6.07) is 6.67. The third-order valence-corrected chi connectivity index (χ3v) is 3.81. The van der Waals surface area contributed by atoms with Gasteiger partial charge in [-0.2, -0.15) is 0 Å². The summed E-state index contributed by atoms with van der Waals surface area (Å²) in [6.45, 7) is 9.12. The van der Waals surface area contributed by atoms with Crippen LogP contribution in [0.2, 0.25) is 0 Å². The Balaban J connectivity index is 1.78. The maximum atomic E-state index is 12.9. The Bertz CT molecular complexity index is 489. The van der Waals surface area contributed by atoms with E-state index in [0.29, 0.717) is 13.1 Å². The summed E-state index contributed by atoms with van der Waals surface area (Å²) < 4.78 is 12.9. The van der Waals surface area contributed by atoms with E-state index in [1.165, 1.54) is 12.1 Å². The molecule has 0 unspecified atom stereocenters. The van der Waals surface area contributed by atoms with E-state index >= 15 is 0 Å². The highest BCUT2D eigenvalue weighted by Crippen LogP contribution is 2.10. The summed E-state index contributed by atoms with van der Waals surface area (Å²) in [5.41, 5.74) is 1.12. The molecule has 1 N–H and O–H groups in total. The van der Waals surface area contributed by atoms with Crippen molar-refractivity contribution in [1.29, 1.82) is 0 Å². The van der Waals surface area contributed by atoms with Gasteiger partial charge in [-0.05, 0) is 37.2 Å². The summed E-state index contributed by atoms with van der Waals surface area (Å²) in [5.74, 6) is -0.150. The standard InChI is InChI=1S/C17H24FN3O/c1-2-8-19-17(22)14-21-10-3-9-20(11-12-21)13-15-4-6-16(18)7-5-15/h2,4-7H,1,3,8-14H2,(H,19,22). The minimum atomic E-state index is -0.198. The number of hydrogen-bond donors (Lipinski definition) is 1. The van der Waals surface area contributed by atoms with Gasteiger partial charge in [-0.25, -0.2) is 4.39 Å². The summed E-state index contributed by atoms with van der Waals surface area (Å²) in [5, 5.41) is 2.81. The Morgan fingerprint density at radius 3 is 2.59 bits per heavy atom. The highest BCUT2D eigenvalue weighted by atomic mass is 19.1. The van der Waals surface area contributed by atoms with Crippen molar-refractivity contribution in [3.05, 3.63) is 48.3 Å². The first-order chi connectivity index (χ1) is 10.7. The van der Waals surface area contributed by atoms with Crippen LogP contribution in [0, 0.1) is 5.82 Å². The summed E-state index contributed by atoms with van der Waals surface area (Å²) in [7, 11) is 0. The first-order valence-electron chi connectivity index (χ1n) is 7.74. The fraction of sp³-hybridized carbons (Fsp3) is 0.471. The molecule has 1 saturated heterocycles. The van der Waals surface area contributed by atoms with Crippen molar-refractivity contribution in [1.82, 2.24) is 15.1 Å². The Morgan fingerprint density at radius 1 is 1.18 bits per heavy atom. The molecule has 1 aromatic rings. The molecular formula is C17H24FN3O. The second kappa shape index (κ2) is 8.66. The molecule has 0 bridgehead atoms. The fourth-order valence-corrected chi connectivity index (χ4v) is 2.63. The number of hydrogen-bond acceptors (Lipinski definition) is 3. The van der Waals surface area contributed by atoms with E-state index < -0.39 is 0 Å². The van der Waals surface area contributed by atoms with Gasteiger partial charge in [0, 0.05) is 26.2 Å². The van der Waals surface area contributed by atoms with Crippen molar-refractivity contribution in [2.24, 2.45) is 0 Å². The van der Waals surface area contributed by atoms with Gasteiger partial charge >= 0.3 is 0 Å². The van der Waals surface area contributed by atoms with Crippen molar-refractivity contribution < 1.29 is 9.18 Å². The van der Waals surface area contributed by atoms with E-state index in [2.05, 4.69) is 21.7 Å². The minimum absolute atomic E-state index is 0.0480. The lowest BCUT2D eigenvalue weighted by Gasteiger charge is -2.21. The van der Waals surface area contributed by atoms with Crippen molar-refractivity contribution >= 4 is 5.91 Å². The highest BCUT2D eigenvalue weighted by molar-refractivity contribution is 5.78. The predicted octanol–water partition coefficient (Wildman–Crippen LogP) is 1.64. The monoisotopic (exact) mass is 305 g/mol. The Morgan fingerprint density at radius 2 is 1.86 bits per heavy atom. The Labute approximate surface area is 131 Å². The molecule has 22 heavy (non-hydrogen) atoms. The van der Waals surface area contributed by atoms with Gasteiger partial charge in [-0.15, -0.1) is 6.58 Å². The van der Waals surface area contributed by atoms with E-state index in [9.17, 15) is 9.18 Å². The number of carbonyl (C=O) groups excluding carboxylic acids is 1. The molecule has 4 nitrogen and oxygen atoms in total. The van der Waals surface area contributed by atoms with Crippen molar-refractivity contribution in [3.8, 4) is 0 Å². The molecule has 0 aromatic heterocycles. The van der Waals surface area contributed by atoms with E-state index in [-0.39, 0.29) is 11.7 Å². The topological polar surface area (TPSA) is 35.6 Å². The normalized spacial score (nSPS) is 17.0. The third kappa shape index (κ3) is 5.58. The van der Waals surface area contributed by atoms with Crippen LogP contribution in [0.5, 0.6) is 0 Å². The lowest BCUT2D eigenvalue weighted by molar-refractivity contribution is -0.122. The molecule has 120 valence electrons. The maximum absolute atomic E-state index is 12.9.